The number of para-hydroxylation sites is 2. The van der Waals surface area contributed by atoms with Gasteiger partial charge in [0.1, 0.15) is 17.1 Å². The van der Waals surface area contributed by atoms with Crippen molar-refractivity contribution in [2.75, 3.05) is 13.7 Å². The topological polar surface area (TPSA) is 87.0 Å². The van der Waals surface area contributed by atoms with E-state index < -0.39 is 0 Å². The molecule has 150 valence electrons. The van der Waals surface area contributed by atoms with Gasteiger partial charge in [0.05, 0.1) is 12.5 Å². The summed E-state index contributed by atoms with van der Waals surface area (Å²) in [5.74, 6) is 1.65. The molecular formula is C22H21NO6. The van der Waals surface area contributed by atoms with Crippen LogP contribution in [0.25, 0.3) is 11.0 Å². The van der Waals surface area contributed by atoms with Crippen molar-refractivity contribution >= 4 is 16.9 Å². The third-order valence-corrected chi connectivity index (χ3v) is 4.58. The lowest BCUT2D eigenvalue weighted by Crippen LogP contribution is -2.30. The number of carbonyl (C=O) groups excluding carboxylic acids is 1. The van der Waals surface area contributed by atoms with E-state index in [9.17, 15) is 9.59 Å². The number of rotatable bonds is 7. The standard InChI is InChI=1S/C22H21NO6/c1-13-22(29-18-6-4-3-5-17(18)26-2)21(25)16-10-9-15(11-19(16)28-13)27-12-20(24)23-14-7-8-14/h3-6,9-11,14H,7-8,12H2,1-2H3,(H,23,24). The summed E-state index contributed by atoms with van der Waals surface area (Å²) >= 11 is 0. The van der Waals surface area contributed by atoms with E-state index in [0.717, 1.165) is 12.8 Å². The van der Waals surface area contributed by atoms with Crippen LogP contribution in [0, 0.1) is 6.92 Å². The van der Waals surface area contributed by atoms with Gasteiger partial charge in [-0.1, -0.05) is 12.1 Å². The van der Waals surface area contributed by atoms with Gasteiger partial charge in [-0.15, -0.1) is 0 Å². The van der Waals surface area contributed by atoms with Crippen LogP contribution in [-0.4, -0.2) is 25.7 Å². The van der Waals surface area contributed by atoms with Gasteiger partial charge in [-0.2, -0.15) is 0 Å². The predicted molar refractivity (Wildman–Crippen MR) is 107 cm³/mol. The van der Waals surface area contributed by atoms with E-state index in [1.807, 2.05) is 6.07 Å². The summed E-state index contributed by atoms with van der Waals surface area (Å²) in [6, 6.07) is 12.2. The largest absolute Gasteiger partial charge is 0.493 e. The first-order valence-corrected chi connectivity index (χ1v) is 9.35. The molecule has 0 spiro atoms. The lowest BCUT2D eigenvalue weighted by molar-refractivity contribution is -0.123. The minimum Gasteiger partial charge on any atom is -0.493 e. The number of ether oxygens (including phenoxy) is 3. The van der Waals surface area contributed by atoms with E-state index in [1.165, 1.54) is 7.11 Å². The molecule has 3 aromatic rings. The molecule has 1 fully saturated rings. The number of aryl methyl sites for hydroxylation is 1. The van der Waals surface area contributed by atoms with Gasteiger partial charge >= 0.3 is 0 Å². The highest BCUT2D eigenvalue weighted by Crippen LogP contribution is 2.32. The fourth-order valence-corrected chi connectivity index (χ4v) is 2.94. The molecule has 0 unspecified atom stereocenters. The SMILES string of the molecule is COc1ccccc1Oc1c(C)oc2cc(OCC(=O)NC3CC3)ccc2c1=O. The van der Waals surface area contributed by atoms with Crippen LogP contribution < -0.4 is 25.0 Å². The molecule has 0 atom stereocenters. The van der Waals surface area contributed by atoms with Gasteiger partial charge in [0.25, 0.3) is 5.91 Å². The van der Waals surface area contributed by atoms with Crippen LogP contribution in [0.1, 0.15) is 18.6 Å². The molecule has 0 aliphatic heterocycles. The van der Waals surface area contributed by atoms with Crippen molar-refractivity contribution in [3.63, 3.8) is 0 Å². The Morgan fingerprint density at radius 2 is 1.93 bits per heavy atom. The lowest BCUT2D eigenvalue weighted by atomic mass is 10.2. The second-order valence-corrected chi connectivity index (χ2v) is 6.86. The number of amides is 1. The third-order valence-electron chi connectivity index (χ3n) is 4.58. The van der Waals surface area contributed by atoms with Gasteiger partial charge < -0.3 is 23.9 Å². The molecule has 1 saturated carbocycles. The van der Waals surface area contributed by atoms with Crippen LogP contribution in [0.2, 0.25) is 0 Å². The minimum atomic E-state index is -0.298. The fraction of sp³-hybridized carbons (Fsp3) is 0.273. The Hall–Kier alpha value is -3.48. The number of benzene rings is 2. The summed E-state index contributed by atoms with van der Waals surface area (Å²) in [5.41, 5.74) is 0.0626. The maximum absolute atomic E-state index is 12.9. The second kappa shape index (κ2) is 7.87. The Bertz CT molecular complexity index is 1120. The predicted octanol–water partition coefficient (Wildman–Crippen LogP) is 3.56. The Balaban J connectivity index is 1.58. The minimum absolute atomic E-state index is 0.0831. The quantitative estimate of drug-likeness (QED) is 0.658. The van der Waals surface area contributed by atoms with Gasteiger partial charge in [0, 0.05) is 12.1 Å². The number of nitrogens with one attached hydrogen (secondary N) is 1. The molecule has 7 nitrogen and oxygen atoms in total. The maximum Gasteiger partial charge on any atom is 0.258 e. The molecule has 2 aromatic carbocycles. The van der Waals surface area contributed by atoms with Crippen molar-refractivity contribution in [1.29, 1.82) is 0 Å². The third kappa shape index (κ3) is 4.18. The van der Waals surface area contributed by atoms with Gasteiger partial charge in [-0.05, 0) is 44.0 Å². The van der Waals surface area contributed by atoms with Crippen LogP contribution in [-0.2, 0) is 4.79 Å². The molecule has 1 aliphatic rings. The highest BCUT2D eigenvalue weighted by atomic mass is 16.5. The molecule has 4 rings (SSSR count). The van der Waals surface area contributed by atoms with E-state index in [4.69, 9.17) is 18.6 Å². The highest BCUT2D eigenvalue weighted by Gasteiger charge is 2.23. The van der Waals surface area contributed by atoms with Crippen molar-refractivity contribution in [3.05, 3.63) is 58.4 Å². The van der Waals surface area contributed by atoms with Crippen molar-refractivity contribution in [1.82, 2.24) is 5.32 Å². The lowest BCUT2D eigenvalue weighted by Gasteiger charge is -2.12. The Morgan fingerprint density at radius 1 is 1.17 bits per heavy atom. The number of methoxy groups -OCH3 is 1. The van der Waals surface area contributed by atoms with Crippen LogP contribution in [0.5, 0.6) is 23.0 Å². The van der Waals surface area contributed by atoms with E-state index in [-0.39, 0.29) is 29.7 Å². The smallest absolute Gasteiger partial charge is 0.258 e. The zero-order valence-corrected chi connectivity index (χ0v) is 16.2. The summed E-state index contributed by atoms with van der Waals surface area (Å²) < 4.78 is 22.4. The zero-order valence-electron chi connectivity index (χ0n) is 16.2. The first kappa shape index (κ1) is 18.9. The first-order valence-electron chi connectivity index (χ1n) is 9.35. The second-order valence-electron chi connectivity index (χ2n) is 6.86. The molecule has 1 heterocycles. The summed E-state index contributed by atoms with van der Waals surface area (Å²) in [4.78, 5) is 24.7. The molecule has 0 bridgehead atoms. The highest BCUT2D eigenvalue weighted by molar-refractivity contribution is 5.80. The number of hydrogen-bond acceptors (Lipinski definition) is 6. The van der Waals surface area contributed by atoms with Crippen LogP contribution in [0.15, 0.2) is 51.7 Å². The zero-order chi connectivity index (χ0) is 20.4. The normalized spacial score (nSPS) is 13.2. The van der Waals surface area contributed by atoms with E-state index in [1.54, 1.807) is 43.3 Å². The fourth-order valence-electron chi connectivity index (χ4n) is 2.94. The monoisotopic (exact) mass is 395 g/mol. The average Bonchev–Trinajstić information content (AvgIpc) is 3.53. The number of hydrogen-bond donors (Lipinski definition) is 1. The molecule has 29 heavy (non-hydrogen) atoms. The molecule has 0 radical (unpaired) electrons. The average molecular weight is 395 g/mol. The Labute approximate surface area is 167 Å². The Morgan fingerprint density at radius 3 is 2.66 bits per heavy atom. The van der Waals surface area contributed by atoms with E-state index >= 15 is 0 Å². The molecule has 1 aromatic heterocycles. The van der Waals surface area contributed by atoms with E-state index in [0.29, 0.717) is 34.0 Å². The summed E-state index contributed by atoms with van der Waals surface area (Å²) in [6.45, 7) is 1.57. The van der Waals surface area contributed by atoms with Gasteiger partial charge in [-0.3, -0.25) is 9.59 Å². The molecule has 1 aliphatic carbocycles. The summed E-state index contributed by atoms with van der Waals surface area (Å²) in [6.07, 6.45) is 2.04. The van der Waals surface area contributed by atoms with Crippen molar-refractivity contribution in [2.24, 2.45) is 0 Å². The van der Waals surface area contributed by atoms with Crippen molar-refractivity contribution in [2.45, 2.75) is 25.8 Å². The summed E-state index contributed by atoms with van der Waals surface area (Å²) in [5, 5.41) is 3.21. The van der Waals surface area contributed by atoms with Crippen molar-refractivity contribution in [3.8, 4) is 23.0 Å². The number of fused-ring (bicyclic) bond motifs is 1. The molecule has 7 heteroatoms. The molecule has 0 saturated heterocycles. The maximum atomic E-state index is 12.9. The number of carbonyl (C=O) groups is 1. The molecular weight excluding hydrogens is 374 g/mol. The van der Waals surface area contributed by atoms with Gasteiger partial charge in [0.15, 0.2) is 18.1 Å². The molecule has 1 N–H and O–H groups in total. The van der Waals surface area contributed by atoms with E-state index in [2.05, 4.69) is 5.32 Å². The Kier molecular flexibility index (Phi) is 5.12. The molecule has 1 amide bonds. The van der Waals surface area contributed by atoms with Crippen LogP contribution in [0.3, 0.4) is 0 Å². The summed E-state index contributed by atoms with van der Waals surface area (Å²) in [7, 11) is 1.53. The first-order chi connectivity index (χ1) is 14.0. The van der Waals surface area contributed by atoms with Crippen LogP contribution >= 0.6 is 0 Å². The van der Waals surface area contributed by atoms with Crippen LogP contribution in [0.4, 0.5) is 0 Å². The van der Waals surface area contributed by atoms with Gasteiger partial charge in [-0.25, -0.2) is 0 Å². The van der Waals surface area contributed by atoms with Gasteiger partial charge in [0.2, 0.25) is 11.2 Å². The van der Waals surface area contributed by atoms with Crippen molar-refractivity contribution < 1.29 is 23.4 Å².